The predicted octanol–water partition coefficient (Wildman–Crippen LogP) is 4.02. The summed E-state index contributed by atoms with van der Waals surface area (Å²) in [7, 11) is 0. The number of nitriles is 1. The topological polar surface area (TPSA) is 108 Å². The standard InChI is InChI=1S/C13H10ClN5O2/c14-10-2-1-9(8-15)13(7-10)21-12(3-5-17-19-16)11-4-6-20-18-11/h1-2,4,6-7,12H,3,5H2/t12-/m1/s1. The molecule has 2 aromatic rings. The highest BCUT2D eigenvalue weighted by Gasteiger charge is 2.18. The molecule has 1 aromatic carbocycles. The number of hydrogen-bond donors (Lipinski definition) is 0. The van der Waals surface area contributed by atoms with E-state index in [1.54, 1.807) is 24.3 Å². The number of halogens is 1. The third kappa shape index (κ3) is 3.89. The summed E-state index contributed by atoms with van der Waals surface area (Å²) in [5.41, 5.74) is 9.25. The Bertz CT molecular complexity index is 689. The van der Waals surface area contributed by atoms with Crippen molar-refractivity contribution in [1.29, 1.82) is 5.26 Å². The molecule has 106 valence electrons. The third-order valence-corrected chi connectivity index (χ3v) is 2.91. The molecule has 0 N–H and O–H groups in total. The van der Waals surface area contributed by atoms with Crippen LogP contribution in [0.15, 0.2) is 40.2 Å². The van der Waals surface area contributed by atoms with Crippen LogP contribution in [-0.2, 0) is 0 Å². The van der Waals surface area contributed by atoms with E-state index in [1.807, 2.05) is 6.07 Å². The average molecular weight is 304 g/mol. The van der Waals surface area contributed by atoms with Gasteiger partial charge < -0.3 is 9.26 Å². The summed E-state index contributed by atoms with van der Waals surface area (Å²) in [6.07, 6.45) is 1.32. The highest BCUT2D eigenvalue weighted by Crippen LogP contribution is 2.29. The molecule has 0 aliphatic carbocycles. The van der Waals surface area contributed by atoms with Gasteiger partial charge in [-0.1, -0.05) is 21.9 Å². The molecular formula is C13H10ClN5O2. The van der Waals surface area contributed by atoms with E-state index in [-0.39, 0.29) is 6.54 Å². The zero-order valence-electron chi connectivity index (χ0n) is 10.8. The van der Waals surface area contributed by atoms with Crippen molar-refractivity contribution in [3.05, 3.63) is 57.3 Å². The second-order valence-electron chi connectivity index (χ2n) is 4.03. The van der Waals surface area contributed by atoms with Gasteiger partial charge in [0.1, 0.15) is 29.9 Å². The Hall–Kier alpha value is -2.68. The first-order valence-corrected chi connectivity index (χ1v) is 6.40. The molecule has 0 spiro atoms. The maximum absolute atomic E-state index is 9.09. The van der Waals surface area contributed by atoms with Crippen molar-refractivity contribution >= 4 is 11.6 Å². The monoisotopic (exact) mass is 303 g/mol. The van der Waals surface area contributed by atoms with Gasteiger partial charge in [-0.2, -0.15) is 5.26 Å². The summed E-state index contributed by atoms with van der Waals surface area (Å²) >= 11 is 5.92. The molecule has 1 heterocycles. The first-order chi connectivity index (χ1) is 10.2. The van der Waals surface area contributed by atoms with Crippen molar-refractivity contribution in [2.24, 2.45) is 5.11 Å². The van der Waals surface area contributed by atoms with Crippen molar-refractivity contribution < 1.29 is 9.26 Å². The van der Waals surface area contributed by atoms with Crippen LogP contribution >= 0.6 is 11.6 Å². The van der Waals surface area contributed by atoms with Crippen LogP contribution in [0.1, 0.15) is 23.8 Å². The van der Waals surface area contributed by atoms with E-state index >= 15 is 0 Å². The Morgan fingerprint density at radius 2 is 2.38 bits per heavy atom. The largest absolute Gasteiger partial charge is 0.483 e. The fraction of sp³-hybridized carbons (Fsp3) is 0.231. The van der Waals surface area contributed by atoms with E-state index in [2.05, 4.69) is 15.2 Å². The van der Waals surface area contributed by atoms with Gasteiger partial charge in [-0.3, -0.25) is 0 Å². The maximum atomic E-state index is 9.09. The SMILES string of the molecule is N#Cc1ccc(Cl)cc1O[C@H](CCN=[N+]=[N-])c1ccon1. The molecule has 0 unspecified atom stereocenters. The lowest BCUT2D eigenvalue weighted by Crippen LogP contribution is -2.10. The molecule has 0 saturated heterocycles. The molecule has 1 atom stereocenters. The molecular weight excluding hydrogens is 294 g/mol. The van der Waals surface area contributed by atoms with E-state index in [4.69, 9.17) is 31.7 Å². The summed E-state index contributed by atoms with van der Waals surface area (Å²) < 4.78 is 10.6. The van der Waals surface area contributed by atoms with Gasteiger partial charge in [0.05, 0.1) is 5.56 Å². The lowest BCUT2D eigenvalue weighted by molar-refractivity contribution is 0.186. The van der Waals surface area contributed by atoms with E-state index in [0.717, 1.165) is 0 Å². The number of hydrogen-bond acceptors (Lipinski definition) is 5. The van der Waals surface area contributed by atoms with Crippen LogP contribution in [0.25, 0.3) is 10.4 Å². The highest BCUT2D eigenvalue weighted by atomic mass is 35.5. The van der Waals surface area contributed by atoms with Crippen LogP contribution in [-0.4, -0.2) is 11.7 Å². The smallest absolute Gasteiger partial charge is 0.144 e. The number of rotatable bonds is 6. The van der Waals surface area contributed by atoms with E-state index < -0.39 is 6.10 Å². The van der Waals surface area contributed by atoms with Crippen molar-refractivity contribution in [2.75, 3.05) is 6.54 Å². The Labute approximate surface area is 125 Å². The van der Waals surface area contributed by atoms with Crippen LogP contribution in [0, 0.1) is 11.3 Å². The van der Waals surface area contributed by atoms with Gasteiger partial charge >= 0.3 is 0 Å². The predicted molar refractivity (Wildman–Crippen MR) is 74.7 cm³/mol. The molecule has 0 fully saturated rings. The zero-order chi connectivity index (χ0) is 15.1. The second-order valence-corrected chi connectivity index (χ2v) is 4.46. The maximum Gasteiger partial charge on any atom is 0.144 e. The zero-order valence-corrected chi connectivity index (χ0v) is 11.6. The molecule has 1 aromatic heterocycles. The number of nitrogens with zero attached hydrogens (tertiary/aromatic N) is 5. The minimum atomic E-state index is -0.500. The quantitative estimate of drug-likeness (QED) is 0.456. The second kappa shape index (κ2) is 7.20. The van der Waals surface area contributed by atoms with Crippen molar-refractivity contribution in [3.8, 4) is 11.8 Å². The van der Waals surface area contributed by atoms with Crippen LogP contribution in [0.4, 0.5) is 0 Å². The minimum Gasteiger partial charge on any atom is -0.483 e. The summed E-state index contributed by atoms with van der Waals surface area (Å²) in [6.45, 7) is 0.233. The lowest BCUT2D eigenvalue weighted by Gasteiger charge is -2.17. The van der Waals surface area contributed by atoms with Gasteiger partial charge in [0.2, 0.25) is 0 Å². The molecule has 0 aliphatic heterocycles. The van der Waals surface area contributed by atoms with E-state index in [9.17, 15) is 0 Å². The van der Waals surface area contributed by atoms with Gasteiger partial charge in [-0.25, -0.2) is 0 Å². The lowest BCUT2D eigenvalue weighted by atomic mass is 10.1. The molecule has 7 nitrogen and oxygen atoms in total. The number of benzene rings is 1. The average Bonchev–Trinajstić information content (AvgIpc) is 3.01. The first kappa shape index (κ1) is 14.7. The Morgan fingerprint density at radius 3 is 3.05 bits per heavy atom. The molecule has 21 heavy (non-hydrogen) atoms. The first-order valence-electron chi connectivity index (χ1n) is 6.02. The Balaban J connectivity index is 2.24. The number of azide groups is 1. The Kier molecular flexibility index (Phi) is 5.04. The summed E-state index contributed by atoms with van der Waals surface area (Å²) in [4.78, 5) is 2.70. The normalized spacial score (nSPS) is 11.2. The van der Waals surface area contributed by atoms with Crippen LogP contribution in [0.2, 0.25) is 5.02 Å². The summed E-state index contributed by atoms with van der Waals surface area (Å²) in [5, 5.41) is 16.8. The molecule has 0 aliphatic rings. The van der Waals surface area contributed by atoms with Gasteiger partial charge in [-0.15, -0.1) is 0 Å². The Morgan fingerprint density at radius 1 is 1.52 bits per heavy atom. The highest BCUT2D eigenvalue weighted by molar-refractivity contribution is 6.30. The van der Waals surface area contributed by atoms with Gasteiger partial charge in [0, 0.05) is 28.6 Å². The molecule has 0 amide bonds. The van der Waals surface area contributed by atoms with Gasteiger partial charge in [-0.05, 0) is 24.1 Å². The number of aromatic nitrogens is 1. The summed E-state index contributed by atoms with van der Waals surface area (Å²) in [6, 6.07) is 8.42. The molecule has 0 saturated carbocycles. The third-order valence-electron chi connectivity index (χ3n) is 2.68. The molecule has 0 bridgehead atoms. The minimum absolute atomic E-state index is 0.233. The van der Waals surface area contributed by atoms with Crippen LogP contribution in [0.5, 0.6) is 5.75 Å². The fourth-order valence-electron chi connectivity index (χ4n) is 1.71. The molecule has 8 heteroatoms. The van der Waals surface area contributed by atoms with E-state index in [0.29, 0.717) is 28.5 Å². The van der Waals surface area contributed by atoms with Crippen molar-refractivity contribution in [3.63, 3.8) is 0 Å². The van der Waals surface area contributed by atoms with Crippen molar-refractivity contribution in [1.82, 2.24) is 5.16 Å². The molecule has 2 rings (SSSR count). The van der Waals surface area contributed by atoms with Crippen LogP contribution in [0.3, 0.4) is 0 Å². The molecule has 0 radical (unpaired) electrons. The van der Waals surface area contributed by atoms with Crippen LogP contribution < -0.4 is 4.74 Å². The van der Waals surface area contributed by atoms with Crippen molar-refractivity contribution in [2.45, 2.75) is 12.5 Å². The number of ether oxygens (including phenoxy) is 1. The van der Waals surface area contributed by atoms with Gasteiger partial charge in [0.25, 0.3) is 0 Å². The van der Waals surface area contributed by atoms with E-state index in [1.165, 1.54) is 6.26 Å². The van der Waals surface area contributed by atoms with Gasteiger partial charge in [0.15, 0.2) is 0 Å². The fourth-order valence-corrected chi connectivity index (χ4v) is 1.88. The summed E-state index contributed by atoms with van der Waals surface area (Å²) in [5.74, 6) is 0.346.